The van der Waals surface area contributed by atoms with Crippen molar-refractivity contribution in [3.05, 3.63) is 37.8 Å². The summed E-state index contributed by atoms with van der Waals surface area (Å²) >= 11 is 3.17. The van der Waals surface area contributed by atoms with Crippen molar-refractivity contribution < 1.29 is 14.8 Å². The van der Waals surface area contributed by atoms with Gasteiger partial charge in [-0.15, -0.1) is 0 Å². The molecule has 92 valence electrons. The number of carbonyl (C=O) groups excluding carboxylic acids is 1. The van der Waals surface area contributed by atoms with Gasteiger partial charge < -0.3 is 10.4 Å². The first-order valence-electron chi connectivity index (χ1n) is 4.81. The molecule has 0 aromatic heterocycles. The molecule has 0 aliphatic heterocycles. The largest absolute Gasteiger partial charge is 0.395 e. The van der Waals surface area contributed by atoms with E-state index in [-0.39, 0.29) is 24.4 Å². The standard InChI is InChI=1S/C10H11BrN2O4/c1-6-8(11)4-7(5-9(6)13(16)17)10(15)12-2-3-14/h4-5,14H,2-3H2,1H3,(H,12,15). The quantitative estimate of drug-likeness (QED) is 0.649. The summed E-state index contributed by atoms with van der Waals surface area (Å²) in [5, 5.41) is 21.8. The SMILES string of the molecule is Cc1c(Br)cc(C(=O)NCCO)cc1[N+](=O)[O-]. The highest BCUT2D eigenvalue weighted by atomic mass is 79.9. The van der Waals surface area contributed by atoms with Crippen LogP contribution in [0.2, 0.25) is 0 Å². The number of amides is 1. The van der Waals surface area contributed by atoms with E-state index in [4.69, 9.17) is 5.11 Å². The van der Waals surface area contributed by atoms with Crippen molar-refractivity contribution in [1.82, 2.24) is 5.32 Å². The van der Waals surface area contributed by atoms with Crippen molar-refractivity contribution in [1.29, 1.82) is 0 Å². The minimum absolute atomic E-state index is 0.109. The fourth-order valence-electron chi connectivity index (χ4n) is 1.26. The average molecular weight is 303 g/mol. The number of halogens is 1. The van der Waals surface area contributed by atoms with E-state index < -0.39 is 10.8 Å². The Balaban J connectivity index is 3.10. The third-order valence-electron chi connectivity index (χ3n) is 2.17. The molecule has 0 heterocycles. The molecule has 1 rings (SSSR count). The zero-order valence-electron chi connectivity index (χ0n) is 9.07. The Bertz CT molecular complexity index is 462. The molecule has 1 aromatic rings. The molecule has 1 aromatic carbocycles. The fraction of sp³-hybridized carbons (Fsp3) is 0.300. The predicted molar refractivity (Wildman–Crippen MR) is 65.0 cm³/mol. The van der Waals surface area contributed by atoms with E-state index in [0.29, 0.717) is 10.0 Å². The molecule has 0 fully saturated rings. The van der Waals surface area contributed by atoms with E-state index >= 15 is 0 Å². The van der Waals surface area contributed by atoms with E-state index in [1.807, 2.05) is 0 Å². The lowest BCUT2D eigenvalue weighted by molar-refractivity contribution is -0.385. The topological polar surface area (TPSA) is 92.5 Å². The van der Waals surface area contributed by atoms with Gasteiger partial charge in [0, 0.05) is 28.2 Å². The molecule has 6 nitrogen and oxygen atoms in total. The zero-order chi connectivity index (χ0) is 13.0. The summed E-state index contributed by atoms with van der Waals surface area (Å²) in [4.78, 5) is 21.8. The Morgan fingerprint density at radius 2 is 2.24 bits per heavy atom. The molecule has 1 amide bonds. The highest BCUT2D eigenvalue weighted by Crippen LogP contribution is 2.27. The van der Waals surface area contributed by atoms with Crippen LogP contribution in [0.4, 0.5) is 5.69 Å². The average Bonchev–Trinajstić information content (AvgIpc) is 2.28. The highest BCUT2D eigenvalue weighted by Gasteiger charge is 2.17. The molecular weight excluding hydrogens is 292 g/mol. The maximum absolute atomic E-state index is 11.6. The second-order valence-electron chi connectivity index (χ2n) is 3.34. The molecule has 0 atom stereocenters. The second kappa shape index (κ2) is 5.74. The van der Waals surface area contributed by atoms with Gasteiger partial charge in [0.15, 0.2) is 0 Å². The van der Waals surface area contributed by atoms with Gasteiger partial charge in [-0.3, -0.25) is 14.9 Å². The van der Waals surface area contributed by atoms with Crippen LogP contribution in [0.3, 0.4) is 0 Å². The molecular formula is C10H11BrN2O4. The first kappa shape index (κ1) is 13.6. The van der Waals surface area contributed by atoms with Gasteiger partial charge >= 0.3 is 0 Å². The van der Waals surface area contributed by atoms with Crippen LogP contribution in [0.25, 0.3) is 0 Å². The summed E-state index contributed by atoms with van der Waals surface area (Å²) in [5.74, 6) is -0.456. The van der Waals surface area contributed by atoms with Crippen molar-refractivity contribution in [2.24, 2.45) is 0 Å². The van der Waals surface area contributed by atoms with Crippen LogP contribution in [0.5, 0.6) is 0 Å². The molecule has 17 heavy (non-hydrogen) atoms. The van der Waals surface area contributed by atoms with E-state index in [9.17, 15) is 14.9 Å². The van der Waals surface area contributed by atoms with Crippen LogP contribution in [-0.4, -0.2) is 29.1 Å². The van der Waals surface area contributed by atoms with E-state index in [1.165, 1.54) is 12.1 Å². The number of hydrogen-bond acceptors (Lipinski definition) is 4. The van der Waals surface area contributed by atoms with Crippen molar-refractivity contribution in [2.45, 2.75) is 6.92 Å². The molecule has 0 bridgehead atoms. The number of nitro benzene ring substituents is 1. The third-order valence-corrected chi connectivity index (χ3v) is 3.00. The lowest BCUT2D eigenvalue weighted by Gasteiger charge is -2.06. The van der Waals surface area contributed by atoms with Gasteiger partial charge in [0.2, 0.25) is 0 Å². The van der Waals surface area contributed by atoms with Crippen molar-refractivity contribution in [2.75, 3.05) is 13.2 Å². The molecule has 0 radical (unpaired) electrons. The first-order valence-corrected chi connectivity index (χ1v) is 5.60. The lowest BCUT2D eigenvalue weighted by Crippen LogP contribution is -2.26. The maximum Gasteiger partial charge on any atom is 0.274 e. The van der Waals surface area contributed by atoms with Crippen molar-refractivity contribution in [3.63, 3.8) is 0 Å². The van der Waals surface area contributed by atoms with E-state index in [2.05, 4.69) is 21.2 Å². The summed E-state index contributed by atoms with van der Waals surface area (Å²) in [7, 11) is 0. The maximum atomic E-state index is 11.6. The fourth-order valence-corrected chi connectivity index (χ4v) is 1.71. The Labute approximate surface area is 106 Å². The molecule has 0 aliphatic rings. The monoisotopic (exact) mass is 302 g/mol. The third kappa shape index (κ3) is 3.24. The van der Waals surface area contributed by atoms with Gasteiger partial charge in [-0.2, -0.15) is 0 Å². The van der Waals surface area contributed by atoms with Crippen molar-refractivity contribution >= 4 is 27.5 Å². The van der Waals surface area contributed by atoms with Crippen LogP contribution in [-0.2, 0) is 0 Å². The zero-order valence-corrected chi connectivity index (χ0v) is 10.7. The number of carbonyl (C=O) groups is 1. The van der Waals surface area contributed by atoms with Crippen LogP contribution in [0.1, 0.15) is 15.9 Å². The molecule has 7 heteroatoms. The number of hydrogen-bond donors (Lipinski definition) is 2. The number of aliphatic hydroxyl groups excluding tert-OH is 1. The Kier molecular flexibility index (Phi) is 4.59. The van der Waals surface area contributed by atoms with Gasteiger partial charge in [-0.05, 0) is 13.0 Å². The molecule has 0 saturated carbocycles. The van der Waals surface area contributed by atoms with Crippen LogP contribution in [0, 0.1) is 17.0 Å². The molecule has 0 aliphatic carbocycles. The number of nitrogens with one attached hydrogen (secondary N) is 1. The number of aliphatic hydroxyl groups is 1. The predicted octanol–water partition coefficient (Wildman–Crippen LogP) is 1.39. The first-order chi connectivity index (χ1) is 7.97. The van der Waals surface area contributed by atoms with Crippen LogP contribution < -0.4 is 5.32 Å². The van der Waals surface area contributed by atoms with Gasteiger partial charge in [0.05, 0.1) is 11.5 Å². The van der Waals surface area contributed by atoms with Gasteiger partial charge in [-0.25, -0.2) is 0 Å². The Hall–Kier alpha value is -1.47. The van der Waals surface area contributed by atoms with Crippen LogP contribution in [0.15, 0.2) is 16.6 Å². The number of nitrogens with zero attached hydrogens (tertiary/aromatic N) is 1. The normalized spacial score (nSPS) is 10.1. The van der Waals surface area contributed by atoms with E-state index in [0.717, 1.165) is 0 Å². The Morgan fingerprint density at radius 3 is 2.76 bits per heavy atom. The smallest absolute Gasteiger partial charge is 0.274 e. The van der Waals surface area contributed by atoms with Gasteiger partial charge in [0.25, 0.3) is 11.6 Å². The molecule has 0 saturated heterocycles. The van der Waals surface area contributed by atoms with Gasteiger partial charge in [0.1, 0.15) is 0 Å². The summed E-state index contributed by atoms with van der Waals surface area (Å²) in [6.45, 7) is 1.52. The van der Waals surface area contributed by atoms with Crippen molar-refractivity contribution in [3.8, 4) is 0 Å². The minimum Gasteiger partial charge on any atom is -0.395 e. The Morgan fingerprint density at radius 1 is 1.59 bits per heavy atom. The summed E-state index contributed by atoms with van der Waals surface area (Å²) < 4.78 is 0.501. The number of benzene rings is 1. The van der Waals surface area contributed by atoms with Crippen LogP contribution >= 0.6 is 15.9 Å². The summed E-state index contributed by atoms with van der Waals surface area (Å²) in [6, 6.07) is 2.72. The molecule has 0 spiro atoms. The van der Waals surface area contributed by atoms with E-state index in [1.54, 1.807) is 6.92 Å². The summed E-state index contributed by atoms with van der Waals surface area (Å²) in [6.07, 6.45) is 0. The second-order valence-corrected chi connectivity index (χ2v) is 4.19. The highest BCUT2D eigenvalue weighted by molar-refractivity contribution is 9.10. The molecule has 0 unspecified atom stereocenters. The minimum atomic E-state index is -0.539. The summed E-state index contributed by atoms with van der Waals surface area (Å²) in [5.41, 5.74) is 0.532. The lowest BCUT2D eigenvalue weighted by atomic mass is 10.1. The van der Waals surface area contributed by atoms with Gasteiger partial charge in [-0.1, -0.05) is 15.9 Å². The molecule has 2 N–H and O–H groups in total. The number of nitro groups is 1. The number of rotatable bonds is 4.